The minimum Gasteiger partial charge on any atom is -0.497 e. The number of ether oxygens (including phenoxy) is 4. The van der Waals surface area contributed by atoms with Crippen LogP contribution in [0.15, 0.2) is 48.5 Å². The van der Waals surface area contributed by atoms with Crippen molar-refractivity contribution in [3.05, 3.63) is 59.7 Å². The molecule has 0 fully saturated rings. The molecule has 188 valence electrons. The molecule has 35 heavy (non-hydrogen) atoms. The second kappa shape index (κ2) is 13.0. The van der Waals surface area contributed by atoms with Gasteiger partial charge in [0.2, 0.25) is 11.7 Å². The molecule has 0 aliphatic rings. The standard InChI is InChI=1S/C23H21F4NO7/c1-13(28-20(30)10-5-14-3-6-15(32-2)7-4-14)21(31)33-12-18(29)17-9-8-16(34-22(24)25)11-19(17)35-23(26)27/h3-11,13,22-23H,12H2,1-2H3,(H,28,30)/t13-/m0/s1. The molecule has 0 aliphatic carbocycles. The van der Waals surface area contributed by atoms with E-state index in [9.17, 15) is 31.9 Å². The predicted molar refractivity (Wildman–Crippen MR) is 115 cm³/mol. The predicted octanol–water partition coefficient (Wildman–Crippen LogP) is 3.84. The van der Waals surface area contributed by atoms with Crippen LogP contribution in [0.5, 0.6) is 17.2 Å². The van der Waals surface area contributed by atoms with Crippen LogP contribution in [-0.4, -0.2) is 50.6 Å². The van der Waals surface area contributed by atoms with Crippen LogP contribution in [0.4, 0.5) is 17.6 Å². The largest absolute Gasteiger partial charge is 0.497 e. The van der Waals surface area contributed by atoms with Crippen molar-refractivity contribution in [2.75, 3.05) is 13.7 Å². The maximum absolute atomic E-state index is 12.6. The smallest absolute Gasteiger partial charge is 0.387 e. The van der Waals surface area contributed by atoms with Gasteiger partial charge in [-0.2, -0.15) is 17.6 Å². The van der Waals surface area contributed by atoms with Gasteiger partial charge < -0.3 is 24.3 Å². The minimum atomic E-state index is -3.35. The number of hydrogen-bond donors (Lipinski definition) is 1. The van der Waals surface area contributed by atoms with Crippen LogP contribution in [0.1, 0.15) is 22.8 Å². The molecule has 2 aromatic carbocycles. The third-order valence-corrected chi connectivity index (χ3v) is 4.30. The number of amides is 1. The molecule has 0 unspecified atom stereocenters. The topological polar surface area (TPSA) is 100 Å². The zero-order chi connectivity index (χ0) is 26.0. The number of hydrogen-bond acceptors (Lipinski definition) is 7. The maximum Gasteiger partial charge on any atom is 0.387 e. The summed E-state index contributed by atoms with van der Waals surface area (Å²) in [5, 5.41) is 2.35. The highest BCUT2D eigenvalue weighted by Crippen LogP contribution is 2.28. The Kier molecular flexibility index (Phi) is 10.1. The monoisotopic (exact) mass is 499 g/mol. The van der Waals surface area contributed by atoms with Crippen LogP contribution in [0.25, 0.3) is 6.08 Å². The molecule has 2 aromatic rings. The van der Waals surface area contributed by atoms with E-state index in [2.05, 4.69) is 14.8 Å². The van der Waals surface area contributed by atoms with Crippen LogP contribution < -0.4 is 19.5 Å². The number of benzene rings is 2. The van der Waals surface area contributed by atoms with E-state index in [-0.39, 0.29) is 0 Å². The number of ketones is 1. The molecule has 0 aromatic heterocycles. The number of esters is 1. The van der Waals surface area contributed by atoms with Crippen molar-refractivity contribution in [1.82, 2.24) is 5.32 Å². The lowest BCUT2D eigenvalue weighted by Gasteiger charge is -2.14. The van der Waals surface area contributed by atoms with Crippen LogP contribution in [0.2, 0.25) is 0 Å². The van der Waals surface area contributed by atoms with Gasteiger partial charge in [0.25, 0.3) is 0 Å². The second-order valence-electron chi connectivity index (χ2n) is 6.78. The Morgan fingerprint density at radius 1 is 0.943 bits per heavy atom. The van der Waals surface area contributed by atoms with Gasteiger partial charge in [0.15, 0.2) is 6.61 Å². The highest BCUT2D eigenvalue weighted by Gasteiger charge is 2.22. The molecule has 0 spiro atoms. The van der Waals surface area contributed by atoms with E-state index in [1.54, 1.807) is 24.3 Å². The zero-order valence-corrected chi connectivity index (χ0v) is 18.5. The molecular formula is C23H21F4NO7. The first kappa shape index (κ1) is 27.2. The molecular weight excluding hydrogens is 478 g/mol. The highest BCUT2D eigenvalue weighted by molar-refractivity contribution is 6.01. The third-order valence-electron chi connectivity index (χ3n) is 4.30. The molecule has 1 amide bonds. The minimum absolute atomic E-state index is 0.446. The summed E-state index contributed by atoms with van der Waals surface area (Å²) in [5.41, 5.74) is 0.257. The van der Waals surface area contributed by atoms with Gasteiger partial charge in [-0.05, 0) is 42.8 Å². The van der Waals surface area contributed by atoms with Crippen LogP contribution in [0.3, 0.4) is 0 Å². The Hall–Kier alpha value is -4.09. The van der Waals surface area contributed by atoms with Crippen LogP contribution >= 0.6 is 0 Å². The second-order valence-corrected chi connectivity index (χ2v) is 6.78. The van der Waals surface area contributed by atoms with Crippen molar-refractivity contribution < 1.29 is 50.9 Å². The Labute approximate surface area is 197 Å². The van der Waals surface area contributed by atoms with Gasteiger partial charge >= 0.3 is 19.2 Å². The molecule has 1 atom stereocenters. The number of carbonyl (C=O) groups excluding carboxylic acids is 3. The van der Waals surface area contributed by atoms with E-state index in [4.69, 9.17) is 9.47 Å². The van der Waals surface area contributed by atoms with Crippen molar-refractivity contribution >= 4 is 23.7 Å². The van der Waals surface area contributed by atoms with Crippen molar-refractivity contribution in [2.45, 2.75) is 26.2 Å². The third kappa shape index (κ3) is 8.99. The van der Waals surface area contributed by atoms with Gasteiger partial charge in [0, 0.05) is 12.1 Å². The van der Waals surface area contributed by atoms with Gasteiger partial charge in [0.05, 0.1) is 12.7 Å². The lowest BCUT2D eigenvalue weighted by molar-refractivity contribution is -0.145. The SMILES string of the molecule is COc1ccc(C=CC(=O)N[C@@H](C)C(=O)OCC(=O)c2ccc(OC(F)F)cc2OC(F)F)cc1. The van der Waals surface area contributed by atoms with E-state index in [1.807, 2.05) is 0 Å². The average Bonchev–Trinajstić information content (AvgIpc) is 2.80. The maximum atomic E-state index is 12.6. The number of nitrogens with one attached hydrogen (secondary N) is 1. The molecule has 0 saturated heterocycles. The van der Waals surface area contributed by atoms with E-state index in [1.165, 1.54) is 26.2 Å². The molecule has 0 heterocycles. The van der Waals surface area contributed by atoms with E-state index >= 15 is 0 Å². The molecule has 0 aliphatic heterocycles. The number of carbonyl (C=O) groups is 3. The van der Waals surface area contributed by atoms with Gasteiger partial charge in [-0.15, -0.1) is 0 Å². The Bertz CT molecular complexity index is 1060. The molecule has 0 radical (unpaired) electrons. The summed E-state index contributed by atoms with van der Waals surface area (Å²) in [7, 11) is 1.52. The molecule has 2 rings (SSSR count). The number of rotatable bonds is 12. The Morgan fingerprint density at radius 2 is 1.57 bits per heavy atom. The van der Waals surface area contributed by atoms with Gasteiger partial charge in [0.1, 0.15) is 23.3 Å². The van der Waals surface area contributed by atoms with Crippen molar-refractivity contribution in [1.29, 1.82) is 0 Å². The van der Waals surface area contributed by atoms with Gasteiger partial charge in [-0.3, -0.25) is 9.59 Å². The number of alkyl halides is 4. The number of methoxy groups -OCH3 is 1. The van der Waals surface area contributed by atoms with E-state index in [0.29, 0.717) is 17.4 Å². The number of Topliss-reactive ketones (excluding diaryl/α,β-unsaturated/α-hetero) is 1. The first-order valence-electron chi connectivity index (χ1n) is 9.95. The summed E-state index contributed by atoms with van der Waals surface area (Å²) in [6.45, 7) is -6.14. The fourth-order valence-corrected chi connectivity index (χ4v) is 2.65. The average molecular weight is 499 g/mol. The molecule has 1 N–H and O–H groups in total. The van der Waals surface area contributed by atoms with Crippen LogP contribution in [-0.2, 0) is 14.3 Å². The van der Waals surface area contributed by atoms with Crippen LogP contribution in [0, 0.1) is 0 Å². The first-order valence-corrected chi connectivity index (χ1v) is 9.95. The summed E-state index contributed by atoms with van der Waals surface area (Å²) in [6, 6.07) is 8.23. The first-order chi connectivity index (χ1) is 16.6. The van der Waals surface area contributed by atoms with E-state index in [0.717, 1.165) is 12.1 Å². The normalized spacial score (nSPS) is 11.9. The Balaban J connectivity index is 1.93. The summed E-state index contributed by atoms with van der Waals surface area (Å²) in [5.74, 6) is -3.14. The van der Waals surface area contributed by atoms with Crippen molar-refractivity contribution in [3.63, 3.8) is 0 Å². The highest BCUT2D eigenvalue weighted by atomic mass is 19.3. The summed E-state index contributed by atoms with van der Waals surface area (Å²) < 4.78 is 68.1. The molecule has 8 nitrogen and oxygen atoms in total. The summed E-state index contributed by atoms with van der Waals surface area (Å²) in [6.07, 6.45) is 2.69. The van der Waals surface area contributed by atoms with Gasteiger partial charge in [-0.25, -0.2) is 4.79 Å². The van der Waals surface area contributed by atoms with Crippen molar-refractivity contribution in [3.8, 4) is 17.2 Å². The number of halogens is 4. The molecule has 0 saturated carbocycles. The fourth-order valence-electron chi connectivity index (χ4n) is 2.65. The zero-order valence-electron chi connectivity index (χ0n) is 18.5. The van der Waals surface area contributed by atoms with E-state index < -0.39 is 60.6 Å². The molecule has 0 bridgehead atoms. The quantitative estimate of drug-likeness (QED) is 0.205. The van der Waals surface area contributed by atoms with Gasteiger partial charge in [-0.1, -0.05) is 12.1 Å². The lowest BCUT2D eigenvalue weighted by Crippen LogP contribution is -2.39. The van der Waals surface area contributed by atoms with Crippen molar-refractivity contribution in [2.24, 2.45) is 0 Å². The summed E-state index contributed by atoms with van der Waals surface area (Å²) in [4.78, 5) is 36.5. The fraction of sp³-hybridized carbons (Fsp3) is 0.261. The Morgan fingerprint density at radius 3 is 2.17 bits per heavy atom. The molecule has 12 heteroatoms. The lowest BCUT2D eigenvalue weighted by atomic mass is 10.1. The summed E-state index contributed by atoms with van der Waals surface area (Å²) >= 11 is 0.